The summed E-state index contributed by atoms with van der Waals surface area (Å²) in [6.45, 7) is 0.260. The average Bonchev–Trinajstić information content (AvgIpc) is 3.57. The zero-order chi connectivity index (χ0) is 34.3. The number of hydrogen-bond acceptors (Lipinski definition) is 8. The van der Waals surface area contributed by atoms with Gasteiger partial charge in [-0.3, -0.25) is 9.78 Å². The lowest BCUT2D eigenvalue weighted by Crippen LogP contribution is -2.34. The number of carbonyl (C=O) groups is 2. The summed E-state index contributed by atoms with van der Waals surface area (Å²) in [4.78, 5) is 28.9. The molecule has 0 spiro atoms. The van der Waals surface area contributed by atoms with E-state index < -0.39 is 35.6 Å². The van der Waals surface area contributed by atoms with E-state index in [0.29, 0.717) is 35.2 Å². The second-order valence-electron chi connectivity index (χ2n) is 11.2. The summed E-state index contributed by atoms with van der Waals surface area (Å²) in [5, 5.41) is 5.33. The summed E-state index contributed by atoms with van der Waals surface area (Å²) < 4.78 is 76.1. The quantitative estimate of drug-likeness (QED) is 0.0790. The standard InChI is InChI=1S/C34H34F4N4O6/c1-45-30-18-24-27(19-31(30)46-16-4-7-26(39)32(43)47-23-5-2-3-6-23)40-15-14-28(24)48-29-13-12-22(17-25(29)35)42-33(44)41-21-10-8-20(9-11-21)34(36,37)38/h8-15,17-19,23,26H,2-7,16,39H2,1H3,(H2,41,42,44)/t26-/m1/s1. The molecule has 0 saturated heterocycles. The van der Waals surface area contributed by atoms with Crippen LogP contribution in [0.25, 0.3) is 10.9 Å². The van der Waals surface area contributed by atoms with Crippen molar-refractivity contribution in [3.8, 4) is 23.0 Å². The van der Waals surface area contributed by atoms with Gasteiger partial charge in [-0.05, 0) is 87.1 Å². The highest BCUT2D eigenvalue weighted by Crippen LogP contribution is 2.38. The minimum absolute atomic E-state index is 0.0413. The zero-order valence-electron chi connectivity index (χ0n) is 25.9. The summed E-state index contributed by atoms with van der Waals surface area (Å²) in [6, 6.07) is 11.0. The topological polar surface area (TPSA) is 134 Å². The third kappa shape index (κ3) is 8.82. The van der Waals surface area contributed by atoms with E-state index in [1.54, 1.807) is 18.2 Å². The van der Waals surface area contributed by atoms with Crippen LogP contribution in [0.4, 0.5) is 33.7 Å². The van der Waals surface area contributed by atoms with E-state index in [2.05, 4.69) is 15.6 Å². The van der Waals surface area contributed by atoms with Crippen LogP contribution in [0.2, 0.25) is 0 Å². The summed E-state index contributed by atoms with van der Waals surface area (Å²) in [5.74, 6) is -0.261. The highest BCUT2D eigenvalue weighted by Gasteiger charge is 2.30. The van der Waals surface area contributed by atoms with Crippen molar-refractivity contribution in [2.45, 2.75) is 56.8 Å². The van der Waals surface area contributed by atoms with E-state index in [9.17, 15) is 22.8 Å². The number of nitrogens with two attached hydrogens (primary N) is 1. The second-order valence-corrected chi connectivity index (χ2v) is 11.2. The Morgan fingerprint density at radius 1 is 0.938 bits per heavy atom. The molecule has 5 rings (SSSR count). The van der Waals surface area contributed by atoms with Crippen molar-refractivity contribution in [3.05, 3.63) is 78.2 Å². The molecule has 4 aromatic rings. The number of nitrogens with zero attached hydrogens (tertiary/aromatic N) is 1. The lowest BCUT2D eigenvalue weighted by Gasteiger charge is -2.16. The Labute approximate surface area is 273 Å². The maximum Gasteiger partial charge on any atom is 0.416 e. The lowest BCUT2D eigenvalue weighted by molar-refractivity contribution is -0.150. The molecular formula is C34H34F4N4O6. The number of ether oxygens (including phenoxy) is 4. The predicted octanol–water partition coefficient (Wildman–Crippen LogP) is 7.81. The molecule has 2 amide bonds. The molecule has 1 aliphatic carbocycles. The first-order chi connectivity index (χ1) is 23.0. The normalized spacial score (nSPS) is 14.0. The highest BCUT2D eigenvalue weighted by molar-refractivity contribution is 5.99. The van der Waals surface area contributed by atoms with Crippen LogP contribution in [0.15, 0.2) is 66.9 Å². The van der Waals surface area contributed by atoms with Gasteiger partial charge in [0.05, 0.1) is 24.8 Å². The number of benzene rings is 3. The molecular weight excluding hydrogens is 636 g/mol. The fourth-order valence-corrected chi connectivity index (χ4v) is 5.17. The summed E-state index contributed by atoms with van der Waals surface area (Å²) in [5.41, 5.74) is 5.85. The smallest absolute Gasteiger partial charge is 0.416 e. The van der Waals surface area contributed by atoms with Gasteiger partial charge in [0.2, 0.25) is 0 Å². The Morgan fingerprint density at radius 2 is 1.65 bits per heavy atom. The van der Waals surface area contributed by atoms with Crippen molar-refractivity contribution < 1.29 is 46.1 Å². The van der Waals surface area contributed by atoms with Crippen molar-refractivity contribution in [2.75, 3.05) is 24.4 Å². The lowest BCUT2D eigenvalue weighted by atomic mass is 10.1. The van der Waals surface area contributed by atoms with Gasteiger partial charge in [0.15, 0.2) is 23.1 Å². The van der Waals surface area contributed by atoms with Crippen molar-refractivity contribution in [1.29, 1.82) is 0 Å². The number of alkyl halides is 3. The van der Waals surface area contributed by atoms with Crippen LogP contribution < -0.4 is 30.6 Å². The van der Waals surface area contributed by atoms with Gasteiger partial charge in [-0.25, -0.2) is 9.18 Å². The zero-order valence-corrected chi connectivity index (χ0v) is 25.9. The molecule has 1 heterocycles. The molecule has 0 bridgehead atoms. The number of carbonyl (C=O) groups excluding carboxylic acids is 2. The van der Waals surface area contributed by atoms with E-state index in [0.717, 1.165) is 56.0 Å². The van der Waals surface area contributed by atoms with E-state index in [1.165, 1.54) is 25.4 Å². The first-order valence-electron chi connectivity index (χ1n) is 15.3. The minimum atomic E-state index is -4.50. The predicted molar refractivity (Wildman–Crippen MR) is 170 cm³/mol. The van der Waals surface area contributed by atoms with Crippen LogP contribution in [-0.2, 0) is 15.7 Å². The number of urea groups is 1. The number of rotatable bonds is 12. The van der Waals surface area contributed by atoms with Crippen molar-refractivity contribution >= 4 is 34.3 Å². The third-order valence-electron chi connectivity index (χ3n) is 7.67. The number of methoxy groups -OCH3 is 1. The monoisotopic (exact) mass is 670 g/mol. The Morgan fingerprint density at radius 3 is 2.33 bits per heavy atom. The van der Waals surface area contributed by atoms with Crippen LogP contribution in [-0.4, -0.2) is 42.8 Å². The highest BCUT2D eigenvalue weighted by atomic mass is 19.4. The number of pyridine rings is 1. The molecule has 4 N–H and O–H groups in total. The number of hydrogen-bond donors (Lipinski definition) is 3. The number of amides is 2. The molecule has 254 valence electrons. The van der Waals surface area contributed by atoms with Crippen molar-refractivity contribution in [3.63, 3.8) is 0 Å². The molecule has 0 radical (unpaired) electrons. The van der Waals surface area contributed by atoms with Crippen molar-refractivity contribution in [1.82, 2.24) is 4.98 Å². The summed E-state index contributed by atoms with van der Waals surface area (Å²) in [6.07, 6.45) is 1.70. The molecule has 10 nitrogen and oxygen atoms in total. The first-order valence-corrected chi connectivity index (χ1v) is 15.3. The summed E-state index contributed by atoms with van der Waals surface area (Å²) in [7, 11) is 1.47. The molecule has 1 aromatic heterocycles. The summed E-state index contributed by atoms with van der Waals surface area (Å²) >= 11 is 0. The number of esters is 1. The van der Waals surface area contributed by atoms with E-state index in [1.807, 2.05) is 0 Å². The van der Waals surface area contributed by atoms with Gasteiger partial charge in [0.1, 0.15) is 17.9 Å². The molecule has 48 heavy (non-hydrogen) atoms. The average molecular weight is 671 g/mol. The number of anilines is 2. The van der Waals surface area contributed by atoms with Gasteiger partial charge in [-0.15, -0.1) is 0 Å². The maximum atomic E-state index is 15.1. The van der Waals surface area contributed by atoms with Crippen LogP contribution in [0.1, 0.15) is 44.1 Å². The Bertz CT molecular complexity index is 1750. The Kier molecular flexibility index (Phi) is 10.8. The molecule has 3 aromatic carbocycles. The van der Waals surface area contributed by atoms with Gasteiger partial charge in [-0.1, -0.05) is 0 Å². The fourth-order valence-electron chi connectivity index (χ4n) is 5.17. The van der Waals surface area contributed by atoms with Gasteiger partial charge >= 0.3 is 18.2 Å². The SMILES string of the molecule is COc1cc2c(Oc3ccc(NC(=O)Nc4ccc(C(F)(F)F)cc4)cc3F)ccnc2cc1OCCC[C@@H](N)C(=O)OC1CCCC1. The molecule has 14 heteroatoms. The molecule has 0 unspecified atom stereocenters. The molecule has 1 atom stereocenters. The number of halogens is 4. The fraction of sp³-hybridized carbons (Fsp3) is 0.324. The van der Waals surface area contributed by atoms with Crippen LogP contribution in [0.5, 0.6) is 23.0 Å². The van der Waals surface area contributed by atoms with E-state index in [-0.39, 0.29) is 35.6 Å². The van der Waals surface area contributed by atoms with Gasteiger partial charge in [0.25, 0.3) is 0 Å². The molecule has 1 aliphatic rings. The molecule has 1 saturated carbocycles. The number of aromatic nitrogens is 1. The third-order valence-corrected chi connectivity index (χ3v) is 7.67. The molecule has 1 fully saturated rings. The number of fused-ring (bicyclic) bond motifs is 1. The Balaban J connectivity index is 1.18. The van der Waals surface area contributed by atoms with Gasteiger partial charge < -0.3 is 35.3 Å². The van der Waals surface area contributed by atoms with Crippen LogP contribution in [0, 0.1) is 5.82 Å². The molecule has 0 aliphatic heterocycles. The minimum Gasteiger partial charge on any atom is -0.493 e. The van der Waals surface area contributed by atoms with Crippen LogP contribution in [0.3, 0.4) is 0 Å². The van der Waals surface area contributed by atoms with E-state index in [4.69, 9.17) is 24.7 Å². The maximum absolute atomic E-state index is 15.1. The second kappa shape index (κ2) is 15.2. The van der Waals surface area contributed by atoms with Gasteiger partial charge in [0, 0.05) is 35.1 Å². The van der Waals surface area contributed by atoms with Crippen LogP contribution >= 0.6 is 0 Å². The van der Waals surface area contributed by atoms with Crippen molar-refractivity contribution in [2.24, 2.45) is 5.73 Å². The Hall–Kier alpha value is -5.11. The van der Waals surface area contributed by atoms with Gasteiger partial charge in [-0.2, -0.15) is 13.2 Å². The number of nitrogens with one attached hydrogen (secondary N) is 2. The van der Waals surface area contributed by atoms with E-state index >= 15 is 4.39 Å². The first kappa shape index (κ1) is 34.2. The largest absolute Gasteiger partial charge is 0.493 e.